The molecule has 2 aliphatic rings. The van der Waals surface area contributed by atoms with Crippen molar-refractivity contribution in [2.24, 2.45) is 0 Å². The summed E-state index contributed by atoms with van der Waals surface area (Å²) in [7, 11) is 0. The fourth-order valence-electron chi connectivity index (χ4n) is 4.26. The summed E-state index contributed by atoms with van der Waals surface area (Å²) >= 11 is 0. The number of fused-ring (bicyclic) bond motifs is 1. The van der Waals surface area contributed by atoms with Crippen LogP contribution in [-0.4, -0.2) is 45.1 Å². The van der Waals surface area contributed by atoms with Gasteiger partial charge in [-0.2, -0.15) is 15.3 Å². The maximum atomic E-state index is 13.7. The Morgan fingerprint density at radius 2 is 2.03 bits per heavy atom. The van der Waals surface area contributed by atoms with Crippen LogP contribution >= 0.6 is 0 Å². The van der Waals surface area contributed by atoms with Crippen LogP contribution in [0.5, 0.6) is 0 Å². The molecule has 5 rings (SSSR count). The Hall–Kier alpha value is -3.06. The van der Waals surface area contributed by atoms with Crippen molar-refractivity contribution in [1.82, 2.24) is 20.0 Å². The molecule has 1 fully saturated rings. The molecule has 1 saturated heterocycles. The fraction of sp³-hybridized carbons (Fsp3) is 0.364. The molecule has 1 atom stereocenters. The number of rotatable bonds is 5. The molecule has 1 aliphatic carbocycles. The van der Waals surface area contributed by atoms with Crippen LogP contribution in [0, 0.1) is 0 Å². The average molecular weight is 389 g/mol. The Kier molecular flexibility index (Phi) is 4.81. The normalized spacial score (nSPS) is 18.0. The van der Waals surface area contributed by atoms with Gasteiger partial charge in [-0.1, -0.05) is 18.2 Å². The summed E-state index contributed by atoms with van der Waals surface area (Å²) in [5.74, 6) is -0.0960. The number of amides is 1. The summed E-state index contributed by atoms with van der Waals surface area (Å²) in [5, 5.41) is 12.6. The topological polar surface area (TPSA) is 73.1 Å². The Labute approximate surface area is 169 Å². The maximum Gasteiger partial charge on any atom is 0.279 e. The van der Waals surface area contributed by atoms with Gasteiger partial charge in [0.15, 0.2) is 5.69 Å². The maximum absolute atomic E-state index is 13.7. The van der Waals surface area contributed by atoms with Gasteiger partial charge in [-0.25, -0.2) is 4.68 Å². The van der Waals surface area contributed by atoms with Crippen LogP contribution in [0.1, 0.15) is 41.0 Å². The molecule has 148 valence electrons. The Bertz CT molecular complexity index is 997. The highest BCUT2D eigenvalue weighted by Crippen LogP contribution is 2.30. The predicted molar refractivity (Wildman–Crippen MR) is 108 cm³/mol. The van der Waals surface area contributed by atoms with E-state index in [9.17, 15) is 4.79 Å². The quantitative estimate of drug-likeness (QED) is 0.671. The molecule has 0 spiro atoms. The number of hydrogen-bond donors (Lipinski definition) is 0. The van der Waals surface area contributed by atoms with Crippen LogP contribution in [0.2, 0.25) is 0 Å². The van der Waals surface area contributed by atoms with E-state index in [2.05, 4.69) is 10.2 Å². The average Bonchev–Trinajstić information content (AvgIpc) is 3.51. The number of ether oxygens (including phenoxy) is 1. The van der Waals surface area contributed by atoms with Gasteiger partial charge in [0.2, 0.25) is 0 Å². The third-order valence-corrected chi connectivity index (χ3v) is 5.67. The van der Waals surface area contributed by atoms with Gasteiger partial charge in [0, 0.05) is 17.9 Å². The van der Waals surface area contributed by atoms with Crippen LogP contribution in [0.3, 0.4) is 0 Å². The van der Waals surface area contributed by atoms with Gasteiger partial charge in [-0.15, -0.1) is 0 Å². The standard InChI is InChI=1S/C22H23N5O2/c28-22(26(15-18-8-5-13-29-18)17-11-12-23-24-14-17)21-19-9-4-10-20(19)27(25-21)16-6-2-1-3-7-16/h1-3,6-7,11-12,14,18H,4-5,8-10,13,15H2. The van der Waals surface area contributed by atoms with Crippen LogP contribution in [-0.2, 0) is 17.6 Å². The molecule has 3 aromatic rings. The second-order valence-corrected chi connectivity index (χ2v) is 7.53. The van der Waals surface area contributed by atoms with E-state index >= 15 is 0 Å². The molecular formula is C22H23N5O2. The van der Waals surface area contributed by atoms with E-state index in [-0.39, 0.29) is 12.0 Å². The van der Waals surface area contributed by atoms with Gasteiger partial charge in [0.25, 0.3) is 5.91 Å². The number of para-hydroxylation sites is 1. The summed E-state index contributed by atoms with van der Waals surface area (Å²) in [6, 6.07) is 11.8. The summed E-state index contributed by atoms with van der Waals surface area (Å²) in [6.45, 7) is 1.25. The molecule has 1 aromatic carbocycles. The highest BCUT2D eigenvalue weighted by Gasteiger charge is 2.32. The van der Waals surface area contributed by atoms with Crippen molar-refractivity contribution in [3.63, 3.8) is 0 Å². The molecule has 0 saturated carbocycles. The second-order valence-electron chi connectivity index (χ2n) is 7.53. The van der Waals surface area contributed by atoms with Crippen molar-refractivity contribution in [2.45, 2.75) is 38.2 Å². The smallest absolute Gasteiger partial charge is 0.279 e. The predicted octanol–water partition coefficient (Wildman–Crippen LogP) is 2.98. The molecule has 1 amide bonds. The highest BCUT2D eigenvalue weighted by molar-refractivity contribution is 6.06. The molecule has 1 aliphatic heterocycles. The van der Waals surface area contributed by atoms with Crippen molar-refractivity contribution in [3.05, 3.63) is 65.7 Å². The number of carbonyl (C=O) groups is 1. The third-order valence-electron chi connectivity index (χ3n) is 5.67. The zero-order chi connectivity index (χ0) is 19.6. The van der Waals surface area contributed by atoms with Gasteiger partial charge in [0.1, 0.15) is 0 Å². The molecule has 7 heteroatoms. The molecule has 7 nitrogen and oxygen atoms in total. The lowest BCUT2D eigenvalue weighted by Gasteiger charge is -2.24. The lowest BCUT2D eigenvalue weighted by atomic mass is 10.1. The number of carbonyl (C=O) groups excluding carboxylic acids is 1. The van der Waals surface area contributed by atoms with Crippen LogP contribution in [0.4, 0.5) is 5.69 Å². The van der Waals surface area contributed by atoms with Crippen molar-refractivity contribution in [2.75, 3.05) is 18.1 Å². The van der Waals surface area contributed by atoms with E-state index in [1.54, 1.807) is 17.3 Å². The molecule has 1 unspecified atom stereocenters. The first-order valence-corrected chi connectivity index (χ1v) is 10.2. The fourth-order valence-corrected chi connectivity index (χ4v) is 4.26. The first-order valence-electron chi connectivity index (χ1n) is 10.2. The van der Waals surface area contributed by atoms with Gasteiger partial charge in [-0.05, 0) is 50.3 Å². The van der Waals surface area contributed by atoms with E-state index in [0.717, 1.165) is 61.3 Å². The van der Waals surface area contributed by atoms with Gasteiger partial charge in [0.05, 0.1) is 36.4 Å². The van der Waals surface area contributed by atoms with Crippen molar-refractivity contribution >= 4 is 11.6 Å². The van der Waals surface area contributed by atoms with Crippen LogP contribution < -0.4 is 4.90 Å². The zero-order valence-electron chi connectivity index (χ0n) is 16.2. The van der Waals surface area contributed by atoms with Crippen molar-refractivity contribution in [1.29, 1.82) is 0 Å². The van der Waals surface area contributed by atoms with E-state index in [0.29, 0.717) is 12.2 Å². The zero-order valence-corrected chi connectivity index (χ0v) is 16.2. The molecule has 0 N–H and O–H groups in total. The molecule has 29 heavy (non-hydrogen) atoms. The minimum atomic E-state index is -0.0960. The number of benzene rings is 1. The Balaban J connectivity index is 1.54. The molecule has 2 aromatic heterocycles. The van der Waals surface area contributed by atoms with E-state index < -0.39 is 0 Å². The van der Waals surface area contributed by atoms with E-state index in [1.807, 2.05) is 41.1 Å². The molecule has 0 bridgehead atoms. The minimum Gasteiger partial charge on any atom is -0.376 e. The van der Waals surface area contributed by atoms with E-state index in [4.69, 9.17) is 9.84 Å². The molecule has 3 heterocycles. The summed E-state index contributed by atoms with van der Waals surface area (Å²) in [4.78, 5) is 15.4. The van der Waals surface area contributed by atoms with Crippen LogP contribution in [0.15, 0.2) is 48.8 Å². The van der Waals surface area contributed by atoms with E-state index in [1.165, 1.54) is 0 Å². The summed E-state index contributed by atoms with van der Waals surface area (Å²) in [6.07, 6.45) is 8.12. The first-order chi connectivity index (χ1) is 14.3. The van der Waals surface area contributed by atoms with Crippen molar-refractivity contribution < 1.29 is 9.53 Å². The number of hydrogen-bond acceptors (Lipinski definition) is 5. The first kappa shape index (κ1) is 18.0. The lowest BCUT2D eigenvalue weighted by Crippen LogP contribution is -2.38. The molecule has 0 radical (unpaired) electrons. The number of nitrogens with zero attached hydrogens (tertiary/aromatic N) is 5. The largest absolute Gasteiger partial charge is 0.376 e. The lowest BCUT2D eigenvalue weighted by molar-refractivity contribution is 0.0912. The van der Waals surface area contributed by atoms with Crippen LogP contribution in [0.25, 0.3) is 5.69 Å². The molecular weight excluding hydrogens is 366 g/mol. The van der Waals surface area contributed by atoms with Crippen molar-refractivity contribution in [3.8, 4) is 5.69 Å². The Morgan fingerprint density at radius 1 is 1.14 bits per heavy atom. The van der Waals surface area contributed by atoms with Gasteiger partial charge >= 0.3 is 0 Å². The number of aromatic nitrogens is 4. The SMILES string of the molecule is O=C(c1nn(-c2ccccc2)c2c1CCC2)N(CC1CCCO1)c1ccnnc1. The third kappa shape index (κ3) is 3.42. The highest BCUT2D eigenvalue weighted by atomic mass is 16.5. The Morgan fingerprint density at radius 3 is 2.79 bits per heavy atom. The summed E-state index contributed by atoms with van der Waals surface area (Å²) in [5.41, 5.74) is 4.46. The summed E-state index contributed by atoms with van der Waals surface area (Å²) < 4.78 is 7.74. The van der Waals surface area contributed by atoms with Gasteiger partial charge in [-0.3, -0.25) is 4.79 Å². The monoisotopic (exact) mass is 389 g/mol. The minimum absolute atomic E-state index is 0.0383. The second kappa shape index (κ2) is 7.75. The number of anilines is 1. The van der Waals surface area contributed by atoms with Gasteiger partial charge < -0.3 is 9.64 Å².